The minimum absolute atomic E-state index is 0.231. The number of nitrogens with zero attached hydrogens (tertiary/aromatic N) is 5. The Balaban J connectivity index is 1.56. The van der Waals surface area contributed by atoms with Crippen LogP contribution in [0, 0.1) is 0 Å². The van der Waals surface area contributed by atoms with E-state index in [1.807, 2.05) is 30.3 Å². The van der Waals surface area contributed by atoms with Crippen LogP contribution in [0.15, 0.2) is 59.5 Å². The third-order valence-corrected chi connectivity index (χ3v) is 6.68. The fraction of sp³-hybridized carbons (Fsp3) is 0.300. The molecule has 1 aliphatic heterocycles. The summed E-state index contributed by atoms with van der Waals surface area (Å²) in [6.45, 7) is 1.59. The predicted molar refractivity (Wildman–Crippen MR) is 109 cm³/mol. The van der Waals surface area contributed by atoms with Gasteiger partial charge in [0.2, 0.25) is 5.91 Å². The van der Waals surface area contributed by atoms with Gasteiger partial charge in [0.15, 0.2) is 15.7 Å². The first kappa shape index (κ1) is 20.2. The lowest BCUT2D eigenvalue weighted by Crippen LogP contribution is -2.43. The van der Waals surface area contributed by atoms with Crippen LogP contribution in [0.2, 0.25) is 0 Å². The highest BCUT2D eigenvalue weighted by atomic mass is 32.2. The molecule has 3 aromatic rings. The van der Waals surface area contributed by atoms with Gasteiger partial charge in [0.05, 0.1) is 22.5 Å². The van der Waals surface area contributed by atoms with Gasteiger partial charge in [-0.05, 0) is 46.7 Å². The fourth-order valence-corrected chi connectivity index (χ4v) is 4.53. The second-order valence-electron chi connectivity index (χ2n) is 7.55. The van der Waals surface area contributed by atoms with E-state index in [-0.39, 0.29) is 10.8 Å². The molecule has 1 amide bonds. The average molecular weight is 427 g/mol. The number of carbonyl (C=O) groups is 1. The lowest BCUT2D eigenvalue weighted by Gasteiger charge is -2.26. The first-order valence-corrected chi connectivity index (χ1v) is 11.3. The molecule has 4 rings (SSSR count). The topological polar surface area (TPSA) is 124 Å². The van der Waals surface area contributed by atoms with Crippen molar-refractivity contribution in [1.82, 2.24) is 25.1 Å². The quantitative estimate of drug-likeness (QED) is 0.615. The van der Waals surface area contributed by atoms with Crippen LogP contribution in [0.25, 0.3) is 5.69 Å². The second kappa shape index (κ2) is 7.62. The van der Waals surface area contributed by atoms with Gasteiger partial charge in [-0.3, -0.25) is 9.69 Å². The van der Waals surface area contributed by atoms with Gasteiger partial charge in [-0.1, -0.05) is 30.3 Å². The van der Waals surface area contributed by atoms with Crippen molar-refractivity contribution >= 4 is 15.7 Å². The Morgan fingerprint density at radius 1 is 1.13 bits per heavy atom. The lowest BCUT2D eigenvalue weighted by atomic mass is 9.79. The minimum atomic E-state index is -3.28. The van der Waals surface area contributed by atoms with Gasteiger partial charge < -0.3 is 5.73 Å². The van der Waals surface area contributed by atoms with Crippen molar-refractivity contribution in [2.24, 2.45) is 5.73 Å². The molecule has 0 spiro atoms. The van der Waals surface area contributed by atoms with Crippen molar-refractivity contribution < 1.29 is 13.2 Å². The Labute approximate surface area is 174 Å². The van der Waals surface area contributed by atoms with Gasteiger partial charge in [0.1, 0.15) is 0 Å². The van der Waals surface area contributed by atoms with Gasteiger partial charge in [-0.25, -0.2) is 8.42 Å². The molecule has 2 N–H and O–H groups in total. The minimum Gasteiger partial charge on any atom is -0.369 e. The first-order chi connectivity index (χ1) is 14.3. The maximum Gasteiger partial charge on any atom is 0.229 e. The van der Waals surface area contributed by atoms with Crippen LogP contribution in [-0.2, 0) is 26.6 Å². The van der Waals surface area contributed by atoms with Crippen molar-refractivity contribution in [2.45, 2.75) is 23.3 Å². The molecule has 0 radical (unpaired) electrons. The van der Waals surface area contributed by atoms with Gasteiger partial charge in [-0.2, -0.15) is 4.68 Å². The Hall–Kier alpha value is -3.11. The number of hydrogen-bond donors (Lipinski definition) is 1. The van der Waals surface area contributed by atoms with Crippen molar-refractivity contribution in [3.8, 4) is 5.69 Å². The van der Waals surface area contributed by atoms with E-state index < -0.39 is 15.3 Å². The summed E-state index contributed by atoms with van der Waals surface area (Å²) >= 11 is 0. The molecule has 1 aliphatic rings. The summed E-state index contributed by atoms with van der Waals surface area (Å²) in [5, 5.41) is 11.9. The number of benzene rings is 2. The number of aromatic nitrogens is 4. The van der Waals surface area contributed by atoms with E-state index in [2.05, 4.69) is 20.4 Å². The van der Waals surface area contributed by atoms with Crippen LogP contribution >= 0.6 is 0 Å². The maximum atomic E-state index is 12.4. The average Bonchev–Trinajstić information content (AvgIpc) is 3.36. The number of likely N-dealkylation sites (tertiary alicyclic amines) is 1. The molecule has 1 unspecified atom stereocenters. The molecular formula is C20H22N6O3S. The summed E-state index contributed by atoms with van der Waals surface area (Å²) in [5.74, 6) is 0.252. The van der Waals surface area contributed by atoms with E-state index in [1.165, 1.54) is 12.1 Å². The van der Waals surface area contributed by atoms with Gasteiger partial charge >= 0.3 is 0 Å². The Morgan fingerprint density at radius 3 is 2.47 bits per heavy atom. The summed E-state index contributed by atoms with van der Waals surface area (Å²) in [5.41, 5.74) is 6.64. The predicted octanol–water partition coefficient (Wildman–Crippen LogP) is 0.695. The summed E-state index contributed by atoms with van der Waals surface area (Å²) in [7, 11) is -3.28. The molecule has 156 valence electrons. The lowest BCUT2D eigenvalue weighted by molar-refractivity contribution is -0.123. The fourth-order valence-electron chi connectivity index (χ4n) is 3.90. The molecule has 1 atom stereocenters. The van der Waals surface area contributed by atoms with E-state index in [0.29, 0.717) is 37.6 Å². The van der Waals surface area contributed by atoms with Crippen LogP contribution in [0.4, 0.5) is 0 Å². The van der Waals surface area contributed by atoms with Gasteiger partial charge in [0, 0.05) is 19.3 Å². The molecule has 1 fully saturated rings. The van der Waals surface area contributed by atoms with E-state index in [0.717, 1.165) is 11.8 Å². The van der Waals surface area contributed by atoms with E-state index in [1.54, 1.807) is 16.8 Å². The molecule has 2 heterocycles. The number of primary amides is 1. The van der Waals surface area contributed by atoms with Crippen LogP contribution in [-0.4, -0.2) is 58.8 Å². The van der Waals surface area contributed by atoms with Crippen LogP contribution in [0.5, 0.6) is 0 Å². The van der Waals surface area contributed by atoms with Crippen molar-refractivity contribution in [3.05, 3.63) is 66.0 Å². The van der Waals surface area contributed by atoms with Crippen molar-refractivity contribution in [1.29, 1.82) is 0 Å². The van der Waals surface area contributed by atoms with Gasteiger partial charge in [0.25, 0.3) is 0 Å². The van der Waals surface area contributed by atoms with Crippen LogP contribution in [0.3, 0.4) is 0 Å². The number of rotatable bonds is 6. The van der Waals surface area contributed by atoms with Crippen LogP contribution < -0.4 is 5.73 Å². The standard InChI is InChI=1S/C20H22N6O3S/c1-30(28,29)17-9-7-16(8-10-17)26-18(22-23-24-26)13-25-12-11-20(14-25,19(21)27)15-5-3-2-4-6-15/h2-10H,11-14H2,1H3,(H2,21,27). The largest absolute Gasteiger partial charge is 0.369 e. The number of nitrogens with two attached hydrogens (primary N) is 1. The number of tetrazole rings is 1. The molecule has 0 aliphatic carbocycles. The van der Waals surface area contributed by atoms with Crippen molar-refractivity contribution in [2.75, 3.05) is 19.3 Å². The Bertz CT molecular complexity index is 1160. The number of amides is 1. The maximum absolute atomic E-state index is 12.4. The Morgan fingerprint density at radius 2 is 1.83 bits per heavy atom. The highest BCUT2D eigenvalue weighted by molar-refractivity contribution is 7.90. The molecule has 0 saturated carbocycles. The molecule has 1 saturated heterocycles. The molecular weight excluding hydrogens is 404 g/mol. The zero-order chi connectivity index (χ0) is 21.4. The summed E-state index contributed by atoms with van der Waals surface area (Å²) in [4.78, 5) is 14.7. The number of carbonyl (C=O) groups excluding carboxylic acids is 1. The highest BCUT2D eigenvalue weighted by Crippen LogP contribution is 2.35. The number of sulfone groups is 1. The monoisotopic (exact) mass is 426 g/mol. The third kappa shape index (κ3) is 3.71. The van der Waals surface area contributed by atoms with E-state index in [4.69, 9.17) is 5.73 Å². The second-order valence-corrected chi connectivity index (χ2v) is 9.56. The van der Waals surface area contributed by atoms with E-state index in [9.17, 15) is 13.2 Å². The molecule has 0 bridgehead atoms. The zero-order valence-electron chi connectivity index (χ0n) is 16.5. The summed E-state index contributed by atoms with van der Waals surface area (Å²) in [6.07, 6.45) is 1.78. The normalized spacial score (nSPS) is 19.8. The Kier molecular flexibility index (Phi) is 5.12. The zero-order valence-corrected chi connectivity index (χ0v) is 17.3. The van der Waals surface area contributed by atoms with E-state index >= 15 is 0 Å². The summed E-state index contributed by atoms with van der Waals surface area (Å²) < 4.78 is 24.9. The number of hydrogen-bond acceptors (Lipinski definition) is 7. The molecule has 9 nitrogen and oxygen atoms in total. The molecule has 30 heavy (non-hydrogen) atoms. The first-order valence-electron chi connectivity index (χ1n) is 9.45. The van der Waals surface area contributed by atoms with Crippen LogP contribution in [0.1, 0.15) is 17.8 Å². The highest BCUT2D eigenvalue weighted by Gasteiger charge is 2.44. The molecule has 2 aromatic carbocycles. The smallest absolute Gasteiger partial charge is 0.229 e. The van der Waals surface area contributed by atoms with Crippen molar-refractivity contribution in [3.63, 3.8) is 0 Å². The molecule has 1 aromatic heterocycles. The summed E-state index contributed by atoms with van der Waals surface area (Å²) in [6, 6.07) is 16.0. The molecule has 10 heteroatoms. The third-order valence-electron chi connectivity index (χ3n) is 5.55. The van der Waals surface area contributed by atoms with Gasteiger partial charge in [-0.15, -0.1) is 5.10 Å². The SMILES string of the molecule is CS(=O)(=O)c1ccc(-n2nnnc2CN2CCC(C(N)=O)(c3ccccc3)C2)cc1.